The normalized spacial score (nSPS) is 12.4. The predicted molar refractivity (Wildman–Crippen MR) is 206 cm³/mol. The van der Waals surface area contributed by atoms with Crippen LogP contribution < -0.4 is 0 Å². The van der Waals surface area contributed by atoms with Gasteiger partial charge >= 0.3 is 0 Å². The lowest BCUT2D eigenvalue weighted by atomic mass is 9.83. The van der Waals surface area contributed by atoms with Gasteiger partial charge in [0.15, 0.2) is 5.82 Å². The van der Waals surface area contributed by atoms with Crippen LogP contribution in [0.3, 0.4) is 0 Å². The largest absolute Gasteiger partial charge is 0.236 e. The summed E-state index contributed by atoms with van der Waals surface area (Å²) in [4.78, 5) is 10.1. The molecule has 226 valence electrons. The molecular formula is C47H28N2. The standard InChI is InChI=1S/C47H28N2/c1-2-12-30-28(11-1)26-44-43(30)27-48-47(49-44)29-23-24-37-33-15-5-8-18-36(33)39-20-9-19-38-34-16-6-3-13-31(34)32-14-4-7-17-35(32)40-21-10-22-41(42(37)25-29)46(40)45(38)39/h1-25,27H,26H2. The fourth-order valence-corrected chi connectivity index (χ4v) is 8.57. The van der Waals surface area contributed by atoms with E-state index < -0.39 is 0 Å². The molecule has 0 spiro atoms. The van der Waals surface area contributed by atoms with Crippen molar-refractivity contribution in [2.75, 3.05) is 0 Å². The van der Waals surface area contributed by atoms with E-state index in [1.807, 2.05) is 6.20 Å². The molecule has 1 heterocycles. The van der Waals surface area contributed by atoms with Crippen LogP contribution >= 0.6 is 0 Å². The molecule has 2 heteroatoms. The maximum Gasteiger partial charge on any atom is 0.159 e. The van der Waals surface area contributed by atoms with Gasteiger partial charge in [-0.15, -0.1) is 0 Å². The molecule has 0 saturated carbocycles. The van der Waals surface area contributed by atoms with E-state index >= 15 is 0 Å². The third-order valence-corrected chi connectivity index (χ3v) is 10.7. The Morgan fingerprint density at radius 3 is 1.39 bits per heavy atom. The van der Waals surface area contributed by atoms with Gasteiger partial charge in [-0.25, -0.2) is 9.97 Å². The molecule has 0 bridgehead atoms. The first-order valence-electron chi connectivity index (χ1n) is 17.0. The van der Waals surface area contributed by atoms with Crippen molar-refractivity contribution >= 4 is 64.6 Å². The lowest BCUT2D eigenvalue weighted by molar-refractivity contribution is 1.08. The summed E-state index contributed by atoms with van der Waals surface area (Å²) < 4.78 is 0. The molecule has 1 aromatic heterocycles. The summed E-state index contributed by atoms with van der Waals surface area (Å²) in [5, 5.41) is 14.9. The van der Waals surface area contributed by atoms with E-state index in [9.17, 15) is 0 Å². The SMILES string of the molecule is c1ccc2c(c1)Cc1nc(-c3ccc4c(c3)c3cccc5c3-c3c(cccc3c3ccccc34)c3ccccc3c3ccccc53)ncc1-2. The van der Waals surface area contributed by atoms with Gasteiger partial charge in [-0.05, 0) is 93.0 Å². The summed E-state index contributed by atoms with van der Waals surface area (Å²) in [6.07, 6.45) is 2.86. The Kier molecular flexibility index (Phi) is 5.47. The van der Waals surface area contributed by atoms with Crippen molar-refractivity contribution in [2.24, 2.45) is 0 Å². The Labute approximate surface area is 282 Å². The van der Waals surface area contributed by atoms with E-state index in [-0.39, 0.29) is 0 Å². The molecule has 0 aliphatic heterocycles. The first-order valence-corrected chi connectivity index (χ1v) is 17.0. The zero-order chi connectivity index (χ0) is 32.1. The van der Waals surface area contributed by atoms with Crippen LogP contribution in [0.15, 0.2) is 158 Å². The number of nitrogens with zero attached hydrogens (tertiary/aromatic N) is 2. The minimum atomic E-state index is 0.767. The van der Waals surface area contributed by atoms with Crippen LogP contribution in [-0.4, -0.2) is 9.97 Å². The van der Waals surface area contributed by atoms with E-state index in [1.165, 1.54) is 86.9 Å². The van der Waals surface area contributed by atoms with Gasteiger partial charge in [0.25, 0.3) is 0 Å². The minimum Gasteiger partial charge on any atom is -0.236 e. The summed E-state index contributed by atoms with van der Waals surface area (Å²) in [6, 6.07) is 55.8. The molecule has 0 radical (unpaired) electrons. The predicted octanol–water partition coefficient (Wildman–Crippen LogP) is 12.3. The zero-order valence-corrected chi connectivity index (χ0v) is 26.6. The summed E-state index contributed by atoms with van der Waals surface area (Å²) in [7, 11) is 0. The lowest BCUT2D eigenvalue weighted by Gasteiger charge is -2.19. The number of fused-ring (bicyclic) bond motifs is 13. The van der Waals surface area contributed by atoms with Crippen LogP contribution in [0.1, 0.15) is 11.3 Å². The summed E-state index contributed by atoms with van der Waals surface area (Å²) in [5.41, 5.74) is 8.39. The van der Waals surface area contributed by atoms with Gasteiger partial charge < -0.3 is 0 Å². The number of benzene rings is 7. The smallest absolute Gasteiger partial charge is 0.159 e. The first-order chi connectivity index (χ1) is 24.3. The first kappa shape index (κ1) is 26.7. The lowest BCUT2D eigenvalue weighted by Crippen LogP contribution is -1.95. The summed E-state index contributed by atoms with van der Waals surface area (Å²) >= 11 is 0. The van der Waals surface area contributed by atoms with Gasteiger partial charge in [0.2, 0.25) is 0 Å². The van der Waals surface area contributed by atoms with E-state index in [0.29, 0.717) is 0 Å². The molecule has 3 aliphatic rings. The second kappa shape index (κ2) is 10.1. The highest BCUT2D eigenvalue weighted by Crippen LogP contribution is 2.47. The minimum absolute atomic E-state index is 0.767. The Hall–Kier alpha value is -6.38. The molecule has 3 aliphatic carbocycles. The average Bonchev–Trinajstić information content (AvgIpc) is 3.54. The Bertz CT molecular complexity index is 3030. The van der Waals surface area contributed by atoms with Crippen molar-refractivity contribution in [3.8, 4) is 33.6 Å². The highest BCUT2D eigenvalue weighted by Gasteiger charge is 2.22. The van der Waals surface area contributed by atoms with Crippen molar-refractivity contribution in [1.82, 2.24) is 9.97 Å². The van der Waals surface area contributed by atoms with Gasteiger partial charge in [0.1, 0.15) is 0 Å². The fourth-order valence-electron chi connectivity index (χ4n) is 8.57. The summed E-state index contributed by atoms with van der Waals surface area (Å²) in [5.74, 6) is 0.767. The molecule has 7 aromatic carbocycles. The number of rotatable bonds is 1. The van der Waals surface area contributed by atoms with Crippen LogP contribution in [0.2, 0.25) is 0 Å². The molecule has 2 nitrogen and oxygen atoms in total. The number of hydrogen-bond donors (Lipinski definition) is 0. The molecule has 0 atom stereocenters. The highest BCUT2D eigenvalue weighted by atomic mass is 14.9. The van der Waals surface area contributed by atoms with E-state index in [2.05, 4.69) is 152 Å². The van der Waals surface area contributed by atoms with Crippen molar-refractivity contribution in [3.63, 3.8) is 0 Å². The van der Waals surface area contributed by atoms with Crippen LogP contribution in [0.25, 0.3) is 98.3 Å². The van der Waals surface area contributed by atoms with Crippen LogP contribution in [-0.2, 0) is 6.42 Å². The van der Waals surface area contributed by atoms with Gasteiger partial charge in [-0.1, -0.05) is 146 Å². The Balaban J connectivity index is 1.35. The number of hydrogen-bond acceptors (Lipinski definition) is 2. The van der Waals surface area contributed by atoms with E-state index in [4.69, 9.17) is 9.97 Å². The maximum absolute atomic E-state index is 5.18. The van der Waals surface area contributed by atoms with Crippen molar-refractivity contribution in [1.29, 1.82) is 0 Å². The monoisotopic (exact) mass is 620 g/mol. The van der Waals surface area contributed by atoms with E-state index in [0.717, 1.165) is 29.1 Å². The molecule has 0 N–H and O–H groups in total. The molecule has 0 unspecified atom stereocenters. The molecule has 49 heavy (non-hydrogen) atoms. The second-order valence-corrected chi connectivity index (χ2v) is 13.2. The topological polar surface area (TPSA) is 25.8 Å². The van der Waals surface area contributed by atoms with Crippen LogP contribution in [0, 0.1) is 0 Å². The van der Waals surface area contributed by atoms with Crippen LogP contribution in [0.4, 0.5) is 0 Å². The molecule has 11 rings (SSSR count). The fraction of sp³-hybridized carbons (Fsp3) is 0.0213. The molecule has 0 fully saturated rings. The maximum atomic E-state index is 5.18. The highest BCUT2D eigenvalue weighted by molar-refractivity contribution is 6.31. The van der Waals surface area contributed by atoms with Gasteiger partial charge in [-0.2, -0.15) is 0 Å². The molecule has 8 aromatic rings. The summed E-state index contributed by atoms with van der Waals surface area (Å²) in [6.45, 7) is 0. The Morgan fingerprint density at radius 2 is 0.816 bits per heavy atom. The van der Waals surface area contributed by atoms with Gasteiger partial charge in [-0.3, -0.25) is 0 Å². The second-order valence-electron chi connectivity index (χ2n) is 13.2. The number of aromatic nitrogens is 2. The molecular weight excluding hydrogens is 593 g/mol. The van der Waals surface area contributed by atoms with Gasteiger partial charge in [0, 0.05) is 23.7 Å². The molecule has 0 saturated heterocycles. The van der Waals surface area contributed by atoms with E-state index in [1.54, 1.807) is 0 Å². The van der Waals surface area contributed by atoms with Crippen molar-refractivity contribution in [2.45, 2.75) is 6.42 Å². The molecule has 0 amide bonds. The van der Waals surface area contributed by atoms with Crippen LogP contribution in [0.5, 0.6) is 0 Å². The average molecular weight is 621 g/mol. The third kappa shape index (κ3) is 3.77. The van der Waals surface area contributed by atoms with Gasteiger partial charge in [0.05, 0.1) is 5.69 Å². The zero-order valence-electron chi connectivity index (χ0n) is 26.6. The Morgan fingerprint density at radius 1 is 0.367 bits per heavy atom. The van der Waals surface area contributed by atoms with Crippen molar-refractivity contribution < 1.29 is 0 Å². The third-order valence-electron chi connectivity index (χ3n) is 10.7. The quantitative estimate of drug-likeness (QED) is 0.182. The van der Waals surface area contributed by atoms with Crippen molar-refractivity contribution in [3.05, 3.63) is 169 Å².